The number of pyridine rings is 1. The van der Waals surface area contributed by atoms with Crippen LogP contribution in [0.25, 0.3) is 0 Å². The fourth-order valence-corrected chi connectivity index (χ4v) is 3.96. The van der Waals surface area contributed by atoms with Crippen LogP contribution in [0, 0.1) is 13.8 Å². The second kappa shape index (κ2) is 6.36. The molecule has 0 saturated carbocycles. The molecule has 21 heavy (non-hydrogen) atoms. The number of likely N-dealkylation sites (N-methyl/N-ethyl adjacent to an activating group) is 1. The summed E-state index contributed by atoms with van der Waals surface area (Å²) in [6, 6.07) is 3.77. The van der Waals surface area contributed by atoms with Crippen LogP contribution in [0.2, 0.25) is 0 Å². The van der Waals surface area contributed by atoms with Crippen LogP contribution in [-0.4, -0.2) is 36.0 Å². The lowest BCUT2D eigenvalue weighted by molar-refractivity contribution is 0.388. The highest BCUT2D eigenvalue weighted by Crippen LogP contribution is 2.23. The molecule has 0 N–H and O–H groups in total. The maximum Gasteiger partial charge on any atom is 0.248 e. The molecule has 0 atom stereocenters. The SMILES string of the molecule is CCN(CCc1ccncc1)S(=O)(=O)c1c(C)noc1C. The zero-order valence-electron chi connectivity index (χ0n) is 12.4. The molecule has 0 aliphatic rings. The quantitative estimate of drug-likeness (QED) is 0.815. The maximum atomic E-state index is 12.7. The molecule has 7 heteroatoms. The smallest absolute Gasteiger partial charge is 0.248 e. The first-order valence-electron chi connectivity index (χ1n) is 6.78. The van der Waals surface area contributed by atoms with Gasteiger partial charge in [-0.25, -0.2) is 8.42 Å². The summed E-state index contributed by atoms with van der Waals surface area (Å²) in [5, 5.41) is 3.73. The van der Waals surface area contributed by atoms with Gasteiger partial charge in [0.25, 0.3) is 0 Å². The molecule has 0 unspecified atom stereocenters. The minimum absolute atomic E-state index is 0.180. The van der Waals surface area contributed by atoms with Crippen LogP contribution in [0.1, 0.15) is 23.9 Å². The van der Waals surface area contributed by atoms with Gasteiger partial charge in [-0.2, -0.15) is 4.31 Å². The molecule has 0 radical (unpaired) electrons. The topological polar surface area (TPSA) is 76.3 Å². The summed E-state index contributed by atoms with van der Waals surface area (Å²) in [7, 11) is -3.58. The summed E-state index contributed by atoms with van der Waals surface area (Å²) in [5.41, 5.74) is 1.45. The highest BCUT2D eigenvalue weighted by atomic mass is 32.2. The number of hydrogen-bond acceptors (Lipinski definition) is 5. The van der Waals surface area contributed by atoms with Crippen LogP contribution >= 0.6 is 0 Å². The molecule has 2 aromatic rings. The molecule has 0 aliphatic carbocycles. The lowest BCUT2D eigenvalue weighted by atomic mass is 10.2. The van der Waals surface area contributed by atoms with E-state index >= 15 is 0 Å². The average Bonchev–Trinajstić information content (AvgIpc) is 2.80. The van der Waals surface area contributed by atoms with E-state index in [9.17, 15) is 8.42 Å². The van der Waals surface area contributed by atoms with Crippen LogP contribution in [-0.2, 0) is 16.4 Å². The highest BCUT2D eigenvalue weighted by molar-refractivity contribution is 7.89. The normalized spacial score (nSPS) is 12.0. The van der Waals surface area contributed by atoms with Crippen molar-refractivity contribution in [3.63, 3.8) is 0 Å². The Balaban J connectivity index is 2.21. The molecule has 0 aromatic carbocycles. The van der Waals surface area contributed by atoms with Gasteiger partial charge < -0.3 is 4.52 Å². The Morgan fingerprint density at radius 2 is 1.90 bits per heavy atom. The summed E-state index contributed by atoms with van der Waals surface area (Å²) in [5.74, 6) is 0.329. The van der Waals surface area contributed by atoms with Crippen LogP contribution in [0.5, 0.6) is 0 Å². The van der Waals surface area contributed by atoms with Gasteiger partial charge in [0.15, 0.2) is 5.76 Å². The van der Waals surface area contributed by atoms with Gasteiger partial charge in [0, 0.05) is 25.5 Å². The Morgan fingerprint density at radius 3 is 2.43 bits per heavy atom. The number of hydrogen-bond donors (Lipinski definition) is 0. The molecule has 2 rings (SSSR count). The first kappa shape index (κ1) is 15.7. The zero-order valence-corrected chi connectivity index (χ0v) is 13.2. The predicted molar refractivity (Wildman–Crippen MR) is 78.4 cm³/mol. The Hall–Kier alpha value is -1.73. The summed E-state index contributed by atoms with van der Waals surface area (Å²) in [6.45, 7) is 5.89. The third kappa shape index (κ3) is 3.30. The highest BCUT2D eigenvalue weighted by Gasteiger charge is 2.29. The molecule has 114 valence electrons. The fraction of sp³-hybridized carbons (Fsp3) is 0.429. The van der Waals surface area contributed by atoms with Crippen molar-refractivity contribution in [2.24, 2.45) is 0 Å². The fourth-order valence-electron chi connectivity index (χ4n) is 2.22. The number of nitrogens with zero attached hydrogens (tertiary/aromatic N) is 3. The second-order valence-corrected chi connectivity index (χ2v) is 6.63. The molecule has 2 heterocycles. The summed E-state index contributed by atoms with van der Waals surface area (Å²) in [4.78, 5) is 4.13. The molecular weight excluding hydrogens is 290 g/mol. The molecule has 6 nitrogen and oxygen atoms in total. The third-order valence-electron chi connectivity index (χ3n) is 3.32. The summed E-state index contributed by atoms with van der Waals surface area (Å²) >= 11 is 0. The van der Waals surface area contributed by atoms with E-state index in [1.54, 1.807) is 26.2 Å². The minimum Gasteiger partial charge on any atom is -0.360 e. The predicted octanol–water partition coefficient (Wildman–Crippen LogP) is 1.94. The van der Waals surface area contributed by atoms with Crippen molar-refractivity contribution in [3.8, 4) is 0 Å². The van der Waals surface area contributed by atoms with Crippen molar-refractivity contribution in [2.45, 2.75) is 32.1 Å². The van der Waals surface area contributed by atoms with Gasteiger partial charge in [0.2, 0.25) is 10.0 Å². The average molecular weight is 309 g/mol. The lowest BCUT2D eigenvalue weighted by Gasteiger charge is -2.20. The van der Waals surface area contributed by atoms with E-state index in [1.807, 2.05) is 19.1 Å². The van der Waals surface area contributed by atoms with Crippen molar-refractivity contribution in [2.75, 3.05) is 13.1 Å². The summed E-state index contributed by atoms with van der Waals surface area (Å²) in [6.07, 6.45) is 4.04. The van der Waals surface area contributed by atoms with Gasteiger partial charge >= 0.3 is 0 Å². The Morgan fingerprint density at radius 1 is 1.24 bits per heavy atom. The van der Waals surface area contributed by atoms with E-state index in [0.29, 0.717) is 31.0 Å². The molecule has 0 spiro atoms. The van der Waals surface area contributed by atoms with Crippen LogP contribution in [0.4, 0.5) is 0 Å². The molecule has 0 aliphatic heterocycles. The Kier molecular flexibility index (Phi) is 4.74. The van der Waals surface area contributed by atoms with Crippen molar-refractivity contribution >= 4 is 10.0 Å². The molecule has 0 amide bonds. The van der Waals surface area contributed by atoms with Crippen LogP contribution in [0.15, 0.2) is 33.9 Å². The van der Waals surface area contributed by atoms with E-state index < -0.39 is 10.0 Å². The summed E-state index contributed by atoms with van der Waals surface area (Å²) < 4.78 is 31.8. The monoisotopic (exact) mass is 309 g/mol. The minimum atomic E-state index is -3.58. The second-order valence-electron chi connectivity index (χ2n) is 4.76. The first-order chi connectivity index (χ1) is 9.96. The Labute approximate surface area is 124 Å². The van der Waals surface area contributed by atoms with Crippen molar-refractivity contribution < 1.29 is 12.9 Å². The van der Waals surface area contributed by atoms with E-state index in [4.69, 9.17) is 4.52 Å². The van der Waals surface area contributed by atoms with Gasteiger partial charge in [-0.15, -0.1) is 0 Å². The molecule has 0 bridgehead atoms. The van der Waals surface area contributed by atoms with Gasteiger partial charge in [0.1, 0.15) is 10.6 Å². The molecule has 0 fully saturated rings. The lowest BCUT2D eigenvalue weighted by Crippen LogP contribution is -2.33. The molecule has 0 saturated heterocycles. The van der Waals surface area contributed by atoms with E-state index in [1.165, 1.54) is 4.31 Å². The van der Waals surface area contributed by atoms with Gasteiger partial charge in [-0.05, 0) is 38.0 Å². The Bertz CT molecular complexity index is 676. The third-order valence-corrected chi connectivity index (χ3v) is 5.54. The number of aromatic nitrogens is 2. The van der Waals surface area contributed by atoms with Crippen molar-refractivity contribution in [3.05, 3.63) is 41.5 Å². The maximum absolute atomic E-state index is 12.7. The van der Waals surface area contributed by atoms with E-state index in [0.717, 1.165) is 5.56 Å². The first-order valence-corrected chi connectivity index (χ1v) is 8.22. The zero-order chi connectivity index (χ0) is 15.5. The van der Waals surface area contributed by atoms with Crippen LogP contribution < -0.4 is 0 Å². The number of rotatable bonds is 6. The van der Waals surface area contributed by atoms with E-state index in [2.05, 4.69) is 10.1 Å². The van der Waals surface area contributed by atoms with E-state index in [-0.39, 0.29) is 4.90 Å². The van der Waals surface area contributed by atoms with Gasteiger partial charge in [0.05, 0.1) is 0 Å². The standard InChI is InChI=1S/C14H19N3O3S/c1-4-17(10-7-13-5-8-15-9-6-13)21(18,19)14-11(2)16-20-12(14)3/h5-6,8-9H,4,7,10H2,1-3H3. The largest absolute Gasteiger partial charge is 0.360 e. The number of aryl methyl sites for hydroxylation is 2. The van der Waals surface area contributed by atoms with Crippen molar-refractivity contribution in [1.29, 1.82) is 0 Å². The van der Waals surface area contributed by atoms with Gasteiger partial charge in [-0.3, -0.25) is 4.98 Å². The molecule has 2 aromatic heterocycles. The van der Waals surface area contributed by atoms with Crippen LogP contribution in [0.3, 0.4) is 0 Å². The molecular formula is C14H19N3O3S. The van der Waals surface area contributed by atoms with Gasteiger partial charge in [-0.1, -0.05) is 12.1 Å². The number of sulfonamides is 1. The van der Waals surface area contributed by atoms with Crippen molar-refractivity contribution in [1.82, 2.24) is 14.4 Å².